The molecule has 1 amide bonds. The molecule has 0 spiro atoms. The summed E-state index contributed by atoms with van der Waals surface area (Å²) in [4.78, 5) is 29.0. The van der Waals surface area contributed by atoms with Gasteiger partial charge in [0.2, 0.25) is 5.91 Å². The van der Waals surface area contributed by atoms with E-state index >= 15 is 0 Å². The Morgan fingerprint density at radius 2 is 2.24 bits per heavy atom. The van der Waals surface area contributed by atoms with Crippen LogP contribution in [0.1, 0.15) is 35.7 Å². The summed E-state index contributed by atoms with van der Waals surface area (Å²) in [5, 5.41) is 4.96. The molecule has 2 heterocycles. The molecule has 0 radical (unpaired) electrons. The molecule has 1 N–H and O–H groups in total. The van der Waals surface area contributed by atoms with E-state index in [9.17, 15) is 9.59 Å². The van der Waals surface area contributed by atoms with Gasteiger partial charge < -0.3 is 5.32 Å². The summed E-state index contributed by atoms with van der Waals surface area (Å²) in [6.45, 7) is 5.60. The minimum absolute atomic E-state index is 0.000177. The molecule has 2 aromatic heterocycles. The van der Waals surface area contributed by atoms with Crippen LogP contribution in [0.15, 0.2) is 28.4 Å². The first-order valence-electron chi connectivity index (χ1n) is 6.89. The Balaban J connectivity index is 2.10. The standard InChI is InChI=1S/C15H19N3O2S/c1-4-12(13-6-5-7-21-13)17-14(19)9-18-11(3)8-10(2)16-15(18)20/h5-8,12H,4,9H2,1-3H3,(H,17,19). The molecule has 5 nitrogen and oxygen atoms in total. The lowest BCUT2D eigenvalue weighted by molar-refractivity contribution is -0.122. The Morgan fingerprint density at radius 1 is 1.48 bits per heavy atom. The highest BCUT2D eigenvalue weighted by atomic mass is 32.1. The summed E-state index contributed by atoms with van der Waals surface area (Å²) < 4.78 is 1.39. The van der Waals surface area contributed by atoms with Crippen molar-refractivity contribution in [2.24, 2.45) is 0 Å². The van der Waals surface area contributed by atoms with Gasteiger partial charge in [0.25, 0.3) is 0 Å². The molecule has 1 atom stereocenters. The molecule has 0 saturated carbocycles. The molecule has 112 valence electrons. The zero-order valence-corrected chi connectivity index (χ0v) is 13.2. The van der Waals surface area contributed by atoms with Crippen LogP contribution < -0.4 is 11.0 Å². The monoisotopic (exact) mass is 305 g/mol. The van der Waals surface area contributed by atoms with E-state index in [0.29, 0.717) is 5.69 Å². The summed E-state index contributed by atoms with van der Waals surface area (Å²) in [5.41, 5.74) is 1.03. The summed E-state index contributed by atoms with van der Waals surface area (Å²) in [6.07, 6.45) is 0.812. The van der Waals surface area contributed by atoms with Crippen LogP contribution in [0.5, 0.6) is 0 Å². The van der Waals surface area contributed by atoms with Crippen LogP contribution >= 0.6 is 11.3 Å². The van der Waals surface area contributed by atoms with Crippen molar-refractivity contribution in [3.63, 3.8) is 0 Å². The van der Waals surface area contributed by atoms with E-state index in [-0.39, 0.29) is 24.2 Å². The number of nitrogens with one attached hydrogen (secondary N) is 1. The third-order valence-electron chi connectivity index (χ3n) is 3.28. The largest absolute Gasteiger partial charge is 0.348 e. The molecule has 0 aliphatic carbocycles. The molecule has 0 aliphatic heterocycles. The van der Waals surface area contributed by atoms with Crippen LogP contribution in [0.25, 0.3) is 0 Å². The number of amides is 1. The van der Waals surface area contributed by atoms with Gasteiger partial charge in [-0.3, -0.25) is 9.36 Å². The second kappa shape index (κ2) is 6.67. The van der Waals surface area contributed by atoms with Crippen LogP contribution in [-0.2, 0) is 11.3 Å². The fraction of sp³-hybridized carbons (Fsp3) is 0.400. The fourth-order valence-corrected chi connectivity index (χ4v) is 3.08. The predicted molar refractivity (Wildman–Crippen MR) is 83.5 cm³/mol. The third kappa shape index (κ3) is 3.78. The van der Waals surface area contributed by atoms with Crippen molar-refractivity contribution in [2.75, 3.05) is 0 Å². The number of rotatable bonds is 5. The van der Waals surface area contributed by atoms with Gasteiger partial charge in [-0.2, -0.15) is 4.98 Å². The number of aryl methyl sites for hydroxylation is 2. The average Bonchev–Trinajstić information content (AvgIpc) is 2.94. The van der Waals surface area contributed by atoms with Crippen LogP contribution in [0.4, 0.5) is 0 Å². The Morgan fingerprint density at radius 3 is 2.81 bits per heavy atom. The Bertz CT molecular complexity index is 677. The lowest BCUT2D eigenvalue weighted by atomic mass is 10.2. The molecule has 1 unspecified atom stereocenters. The number of carbonyl (C=O) groups is 1. The average molecular weight is 305 g/mol. The fourth-order valence-electron chi connectivity index (χ4n) is 2.21. The van der Waals surface area contributed by atoms with E-state index in [4.69, 9.17) is 0 Å². The van der Waals surface area contributed by atoms with E-state index in [1.165, 1.54) is 4.57 Å². The first-order valence-corrected chi connectivity index (χ1v) is 7.77. The number of carbonyl (C=O) groups excluding carboxylic acids is 1. The first-order chi connectivity index (χ1) is 10.0. The first kappa shape index (κ1) is 15.4. The van der Waals surface area contributed by atoms with Crippen LogP contribution in [0.3, 0.4) is 0 Å². The molecule has 0 aliphatic rings. The van der Waals surface area contributed by atoms with Gasteiger partial charge in [0.15, 0.2) is 0 Å². The molecule has 2 rings (SSSR count). The highest BCUT2D eigenvalue weighted by Gasteiger charge is 2.15. The zero-order chi connectivity index (χ0) is 15.4. The molecule has 2 aromatic rings. The molecular formula is C15H19N3O2S. The molecule has 0 aromatic carbocycles. The zero-order valence-electron chi connectivity index (χ0n) is 12.4. The van der Waals surface area contributed by atoms with Crippen LogP contribution in [-0.4, -0.2) is 15.5 Å². The van der Waals surface area contributed by atoms with Gasteiger partial charge in [-0.1, -0.05) is 13.0 Å². The highest BCUT2D eigenvalue weighted by Crippen LogP contribution is 2.21. The summed E-state index contributed by atoms with van der Waals surface area (Å²) >= 11 is 1.62. The van der Waals surface area contributed by atoms with Gasteiger partial charge in [0, 0.05) is 16.3 Å². The summed E-state index contributed by atoms with van der Waals surface area (Å²) in [7, 11) is 0. The summed E-state index contributed by atoms with van der Waals surface area (Å²) in [6, 6.07) is 5.76. The minimum Gasteiger partial charge on any atom is -0.347 e. The van der Waals surface area contributed by atoms with Gasteiger partial charge >= 0.3 is 5.69 Å². The smallest absolute Gasteiger partial charge is 0.347 e. The Kier molecular flexibility index (Phi) is 4.90. The van der Waals surface area contributed by atoms with Crippen molar-refractivity contribution in [3.8, 4) is 0 Å². The van der Waals surface area contributed by atoms with Gasteiger partial charge in [0.1, 0.15) is 6.54 Å². The van der Waals surface area contributed by atoms with Gasteiger partial charge in [-0.05, 0) is 37.8 Å². The van der Waals surface area contributed by atoms with Crippen LogP contribution in [0.2, 0.25) is 0 Å². The second-order valence-corrected chi connectivity index (χ2v) is 5.93. The van der Waals surface area contributed by atoms with Crippen molar-refractivity contribution >= 4 is 17.2 Å². The van der Waals surface area contributed by atoms with Gasteiger partial charge in [-0.15, -0.1) is 11.3 Å². The molecular weight excluding hydrogens is 286 g/mol. The normalized spacial score (nSPS) is 12.1. The number of nitrogens with zero attached hydrogens (tertiary/aromatic N) is 2. The van der Waals surface area contributed by atoms with Gasteiger partial charge in [0.05, 0.1) is 6.04 Å². The predicted octanol–water partition coefficient (Wildman–Crippen LogP) is 2.19. The number of hydrogen-bond donors (Lipinski definition) is 1. The van der Waals surface area contributed by atoms with Gasteiger partial charge in [-0.25, -0.2) is 4.79 Å². The van der Waals surface area contributed by atoms with E-state index in [1.807, 2.05) is 24.4 Å². The quantitative estimate of drug-likeness (QED) is 0.921. The van der Waals surface area contributed by atoms with E-state index in [1.54, 1.807) is 31.3 Å². The van der Waals surface area contributed by atoms with Crippen molar-refractivity contribution in [1.82, 2.24) is 14.9 Å². The summed E-state index contributed by atoms with van der Waals surface area (Å²) in [5.74, 6) is -0.175. The van der Waals surface area contributed by atoms with Crippen molar-refractivity contribution in [3.05, 3.63) is 50.3 Å². The Labute approximate surface area is 127 Å². The maximum Gasteiger partial charge on any atom is 0.348 e. The number of thiophene rings is 1. The minimum atomic E-state index is -0.383. The third-order valence-corrected chi connectivity index (χ3v) is 4.26. The molecule has 6 heteroatoms. The second-order valence-electron chi connectivity index (χ2n) is 4.95. The van der Waals surface area contributed by atoms with Crippen molar-refractivity contribution in [1.29, 1.82) is 0 Å². The molecule has 0 bridgehead atoms. The lowest BCUT2D eigenvalue weighted by Gasteiger charge is -2.16. The highest BCUT2D eigenvalue weighted by molar-refractivity contribution is 7.10. The van der Waals surface area contributed by atoms with E-state index in [0.717, 1.165) is 17.0 Å². The van der Waals surface area contributed by atoms with Crippen molar-refractivity contribution in [2.45, 2.75) is 39.8 Å². The maximum absolute atomic E-state index is 12.2. The lowest BCUT2D eigenvalue weighted by Crippen LogP contribution is -2.36. The molecule has 0 saturated heterocycles. The SMILES string of the molecule is CCC(NC(=O)Cn1c(C)cc(C)nc1=O)c1cccs1. The molecule has 0 fully saturated rings. The van der Waals surface area contributed by atoms with E-state index in [2.05, 4.69) is 10.3 Å². The van der Waals surface area contributed by atoms with Crippen LogP contribution in [0, 0.1) is 13.8 Å². The van der Waals surface area contributed by atoms with Crippen molar-refractivity contribution < 1.29 is 4.79 Å². The topological polar surface area (TPSA) is 64.0 Å². The number of hydrogen-bond acceptors (Lipinski definition) is 4. The Hall–Kier alpha value is -1.95. The maximum atomic E-state index is 12.2. The van der Waals surface area contributed by atoms with E-state index < -0.39 is 0 Å². The molecule has 21 heavy (non-hydrogen) atoms. The number of aromatic nitrogens is 2.